The lowest BCUT2D eigenvalue weighted by Crippen LogP contribution is -2.55. The summed E-state index contributed by atoms with van der Waals surface area (Å²) >= 11 is 12.7. The van der Waals surface area contributed by atoms with Gasteiger partial charge in [0.25, 0.3) is 5.91 Å². The average molecular weight is 663 g/mol. The van der Waals surface area contributed by atoms with Crippen molar-refractivity contribution in [1.82, 2.24) is 20.0 Å². The Morgan fingerprint density at radius 2 is 1.67 bits per heavy atom. The molecule has 3 aromatic carbocycles. The summed E-state index contributed by atoms with van der Waals surface area (Å²) in [5, 5.41) is 7.35. The van der Waals surface area contributed by atoms with Crippen LogP contribution in [0.2, 0.25) is 10.0 Å². The monoisotopic (exact) mass is 661 g/mol. The summed E-state index contributed by atoms with van der Waals surface area (Å²) in [7, 11) is 0. The SMILES string of the molecule is CC(=O)Nc1cccc(CN2CC3CC2CC3NCC(=O)N2CCN(C(=O)c3cc(C)cc(C)c3)C[C@H]2c2ccc(Cl)c(Cl)c2)c1. The summed E-state index contributed by atoms with van der Waals surface area (Å²) in [4.78, 5) is 45.1. The second-order valence-electron chi connectivity index (χ2n) is 13.1. The first kappa shape index (κ1) is 32.5. The molecule has 2 bridgehead atoms. The maximum Gasteiger partial charge on any atom is 0.254 e. The summed E-state index contributed by atoms with van der Waals surface area (Å²) < 4.78 is 0. The largest absolute Gasteiger partial charge is 0.334 e. The van der Waals surface area contributed by atoms with Gasteiger partial charge in [0.05, 0.1) is 22.6 Å². The lowest BCUT2D eigenvalue weighted by Gasteiger charge is -2.42. The third-order valence-corrected chi connectivity index (χ3v) is 10.3. The van der Waals surface area contributed by atoms with Gasteiger partial charge in [0.15, 0.2) is 0 Å². The molecule has 3 unspecified atom stereocenters. The Hall–Kier alpha value is -3.43. The lowest BCUT2D eigenvalue weighted by molar-refractivity contribution is -0.135. The number of hydrogen-bond donors (Lipinski definition) is 2. The number of piperidine rings is 1. The van der Waals surface area contributed by atoms with E-state index in [4.69, 9.17) is 23.2 Å². The number of piperazine rings is 1. The minimum absolute atomic E-state index is 0.0176. The van der Waals surface area contributed by atoms with E-state index in [0.717, 1.165) is 48.3 Å². The molecule has 3 aliphatic rings. The van der Waals surface area contributed by atoms with Crippen molar-refractivity contribution in [3.63, 3.8) is 0 Å². The summed E-state index contributed by atoms with van der Waals surface area (Å²) in [6.45, 7) is 8.85. The van der Waals surface area contributed by atoms with Crippen LogP contribution in [-0.4, -0.2) is 77.2 Å². The molecule has 0 aromatic heterocycles. The molecule has 242 valence electrons. The maximum absolute atomic E-state index is 13.8. The first-order valence-corrected chi connectivity index (χ1v) is 16.8. The molecule has 6 rings (SSSR count). The lowest BCUT2D eigenvalue weighted by atomic mass is 10.00. The molecule has 0 spiro atoms. The molecule has 2 N–H and O–H groups in total. The number of fused-ring (bicyclic) bond motifs is 2. The van der Waals surface area contributed by atoms with Gasteiger partial charge in [-0.25, -0.2) is 0 Å². The molecule has 3 fully saturated rings. The van der Waals surface area contributed by atoms with E-state index < -0.39 is 0 Å². The first-order valence-electron chi connectivity index (χ1n) is 16.0. The van der Waals surface area contributed by atoms with Gasteiger partial charge in [0, 0.05) is 63.0 Å². The zero-order valence-corrected chi connectivity index (χ0v) is 28.1. The molecule has 1 saturated carbocycles. The summed E-state index contributed by atoms with van der Waals surface area (Å²) in [5.74, 6) is 0.394. The number of carbonyl (C=O) groups excluding carboxylic acids is 3. The Kier molecular flexibility index (Phi) is 9.71. The van der Waals surface area contributed by atoms with E-state index in [1.54, 1.807) is 6.07 Å². The van der Waals surface area contributed by atoms with Crippen LogP contribution in [0, 0.1) is 19.8 Å². The third kappa shape index (κ3) is 7.26. The number of nitrogens with zero attached hydrogens (tertiary/aromatic N) is 3. The molecule has 3 amide bonds. The molecular formula is C36H41Cl2N5O3. The highest BCUT2D eigenvalue weighted by Crippen LogP contribution is 2.39. The van der Waals surface area contributed by atoms with E-state index >= 15 is 0 Å². The molecule has 46 heavy (non-hydrogen) atoms. The molecule has 10 heteroatoms. The molecule has 3 aromatic rings. The van der Waals surface area contributed by atoms with Crippen LogP contribution in [0.5, 0.6) is 0 Å². The molecular weight excluding hydrogens is 621 g/mol. The van der Waals surface area contributed by atoms with Crippen LogP contribution in [0.25, 0.3) is 0 Å². The topological polar surface area (TPSA) is 85.0 Å². The summed E-state index contributed by atoms with van der Waals surface area (Å²) in [6, 6.07) is 19.8. The zero-order chi connectivity index (χ0) is 32.5. The number of nitrogens with one attached hydrogen (secondary N) is 2. The molecule has 1 aliphatic carbocycles. The first-order chi connectivity index (χ1) is 22.0. The van der Waals surface area contributed by atoms with E-state index in [1.807, 2.05) is 66.1 Å². The van der Waals surface area contributed by atoms with E-state index in [-0.39, 0.29) is 36.3 Å². The number of aryl methyl sites for hydroxylation is 2. The Labute approximate surface area is 281 Å². The second-order valence-corrected chi connectivity index (χ2v) is 13.9. The zero-order valence-electron chi connectivity index (χ0n) is 26.6. The second kappa shape index (κ2) is 13.7. The molecule has 4 atom stereocenters. The van der Waals surface area contributed by atoms with Gasteiger partial charge in [-0.2, -0.15) is 0 Å². The number of benzene rings is 3. The fourth-order valence-corrected chi connectivity index (χ4v) is 7.85. The van der Waals surface area contributed by atoms with Crippen LogP contribution in [0.4, 0.5) is 5.69 Å². The Morgan fingerprint density at radius 3 is 2.37 bits per heavy atom. The van der Waals surface area contributed by atoms with Crippen LogP contribution in [0.3, 0.4) is 0 Å². The van der Waals surface area contributed by atoms with Crippen molar-refractivity contribution >= 4 is 46.6 Å². The number of hydrogen-bond acceptors (Lipinski definition) is 5. The van der Waals surface area contributed by atoms with Crippen LogP contribution >= 0.6 is 23.2 Å². The predicted molar refractivity (Wildman–Crippen MR) is 182 cm³/mol. The Morgan fingerprint density at radius 1 is 0.891 bits per heavy atom. The van der Waals surface area contributed by atoms with E-state index in [2.05, 4.69) is 27.7 Å². The predicted octanol–water partition coefficient (Wildman–Crippen LogP) is 5.85. The molecule has 2 aliphatic heterocycles. The fraction of sp³-hybridized carbons (Fsp3) is 0.417. The highest BCUT2D eigenvalue weighted by Gasteiger charge is 2.44. The van der Waals surface area contributed by atoms with Crippen molar-refractivity contribution in [3.8, 4) is 0 Å². The standard InChI is InChI=1S/C36H41Cl2N5O3/c1-22-11-23(2)13-27(12-22)36(46)41-9-10-43(34(21-41)26-7-8-31(37)32(38)16-26)35(45)18-39-33-17-30-15-28(33)20-42(30)19-25-5-4-6-29(14-25)40-24(3)44/h4-8,11-14,16,28,30,33-34,39H,9-10,15,17-21H2,1-3H3,(H,40,44)/t28?,30?,33?,34-/m0/s1. The molecule has 2 saturated heterocycles. The normalized spacial score (nSPS) is 22.7. The molecule has 0 radical (unpaired) electrons. The minimum Gasteiger partial charge on any atom is -0.334 e. The highest BCUT2D eigenvalue weighted by molar-refractivity contribution is 6.42. The number of halogens is 2. The van der Waals surface area contributed by atoms with Gasteiger partial charge in [-0.3, -0.25) is 19.3 Å². The average Bonchev–Trinajstić information content (AvgIpc) is 3.60. The Bertz CT molecular complexity index is 1630. The van der Waals surface area contributed by atoms with Gasteiger partial charge >= 0.3 is 0 Å². The summed E-state index contributed by atoms with van der Waals surface area (Å²) in [5.41, 5.74) is 5.62. The smallest absolute Gasteiger partial charge is 0.254 e. The highest BCUT2D eigenvalue weighted by atomic mass is 35.5. The minimum atomic E-state index is -0.337. The van der Waals surface area contributed by atoms with Crippen LogP contribution < -0.4 is 10.6 Å². The van der Waals surface area contributed by atoms with Crippen molar-refractivity contribution in [3.05, 3.63) is 98.5 Å². The Balaban J connectivity index is 1.09. The van der Waals surface area contributed by atoms with Crippen molar-refractivity contribution in [2.75, 3.05) is 38.0 Å². The van der Waals surface area contributed by atoms with Gasteiger partial charge in [-0.1, -0.05) is 58.6 Å². The van der Waals surface area contributed by atoms with E-state index in [0.29, 0.717) is 47.2 Å². The third-order valence-electron chi connectivity index (χ3n) is 9.59. The molecule has 8 nitrogen and oxygen atoms in total. The maximum atomic E-state index is 13.8. The quantitative estimate of drug-likeness (QED) is 0.317. The molecule has 2 heterocycles. The van der Waals surface area contributed by atoms with Crippen molar-refractivity contribution < 1.29 is 14.4 Å². The van der Waals surface area contributed by atoms with Gasteiger partial charge in [0.1, 0.15) is 0 Å². The van der Waals surface area contributed by atoms with Crippen molar-refractivity contribution in [2.45, 2.75) is 58.3 Å². The van der Waals surface area contributed by atoms with Crippen LogP contribution in [0.1, 0.15) is 58.4 Å². The number of rotatable bonds is 8. The number of likely N-dealkylation sites (tertiary alicyclic amines) is 1. The van der Waals surface area contributed by atoms with Crippen molar-refractivity contribution in [1.29, 1.82) is 0 Å². The van der Waals surface area contributed by atoms with Crippen LogP contribution in [-0.2, 0) is 16.1 Å². The van der Waals surface area contributed by atoms with Gasteiger partial charge in [-0.15, -0.1) is 0 Å². The van der Waals surface area contributed by atoms with E-state index in [9.17, 15) is 14.4 Å². The van der Waals surface area contributed by atoms with Gasteiger partial charge in [0.2, 0.25) is 11.8 Å². The number of amides is 3. The van der Waals surface area contributed by atoms with Crippen molar-refractivity contribution in [2.24, 2.45) is 5.92 Å². The number of carbonyl (C=O) groups is 3. The van der Waals surface area contributed by atoms with Crippen LogP contribution in [0.15, 0.2) is 60.7 Å². The fourth-order valence-electron chi connectivity index (χ4n) is 7.55. The van der Waals surface area contributed by atoms with Gasteiger partial charge in [-0.05, 0) is 80.1 Å². The summed E-state index contributed by atoms with van der Waals surface area (Å²) in [6.07, 6.45) is 2.11. The van der Waals surface area contributed by atoms with Gasteiger partial charge < -0.3 is 20.4 Å². The number of anilines is 1. The van der Waals surface area contributed by atoms with E-state index in [1.165, 1.54) is 12.5 Å².